The van der Waals surface area contributed by atoms with Crippen LogP contribution in [0.2, 0.25) is 0 Å². The number of benzene rings is 2. The van der Waals surface area contributed by atoms with Gasteiger partial charge >= 0.3 is 0 Å². The molecule has 0 aliphatic carbocycles. The minimum atomic E-state index is -0.437. The highest BCUT2D eigenvalue weighted by atomic mass is 16.3. The molecule has 0 radical (unpaired) electrons. The van der Waals surface area contributed by atoms with E-state index in [4.69, 9.17) is 0 Å². The molecule has 112 valence electrons. The highest BCUT2D eigenvalue weighted by Gasteiger charge is 2.19. The van der Waals surface area contributed by atoms with Crippen LogP contribution in [0, 0.1) is 0 Å². The van der Waals surface area contributed by atoms with Crippen molar-refractivity contribution in [2.75, 3.05) is 0 Å². The van der Waals surface area contributed by atoms with E-state index in [1.54, 1.807) is 6.07 Å². The number of phenolic OH excluding ortho intramolecular Hbond substituents is 3. The monoisotopic (exact) mass is 286 g/mol. The third-order valence-corrected chi connectivity index (χ3v) is 4.01. The summed E-state index contributed by atoms with van der Waals surface area (Å²) in [6.45, 7) is 6.08. The van der Waals surface area contributed by atoms with Gasteiger partial charge in [-0.2, -0.15) is 0 Å². The molecule has 21 heavy (non-hydrogen) atoms. The fourth-order valence-corrected chi connectivity index (χ4v) is 2.81. The molecule has 0 bridgehead atoms. The maximum atomic E-state index is 10.2. The van der Waals surface area contributed by atoms with Crippen LogP contribution >= 0.6 is 0 Å². The van der Waals surface area contributed by atoms with E-state index in [9.17, 15) is 15.3 Å². The van der Waals surface area contributed by atoms with Gasteiger partial charge < -0.3 is 15.3 Å². The summed E-state index contributed by atoms with van der Waals surface area (Å²) in [5.41, 5.74) is 4.53. The van der Waals surface area contributed by atoms with Crippen molar-refractivity contribution >= 4 is 0 Å². The lowest BCUT2D eigenvalue weighted by Crippen LogP contribution is -1.96. The minimum Gasteiger partial charge on any atom is -0.504 e. The summed E-state index contributed by atoms with van der Waals surface area (Å²) in [6, 6.07) is 7.75. The molecule has 0 aliphatic rings. The Balaban J connectivity index is 2.76. The number of hydrogen-bond donors (Lipinski definition) is 3. The summed E-state index contributed by atoms with van der Waals surface area (Å²) in [7, 11) is 0. The Morgan fingerprint density at radius 3 is 1.95 bits per heavy atom. The third-order valence-electron chi connectivity index (χ3n) is 4.01. The van der Waals surface area contributed by atoms with Crippen molar-refractivity contribution in [2.45, 2.75) is 40.0 Å². The van der Waals surface area contributed by atoms with Crippen molar-refractivity contribution in [3.8, 4) is 28.4 Å². The number of rotatable bonds is 4. The molecule has 0 aromatic heterocycles. The summed E-state index contributed by atoms with van der Waals surface area (Å²) < 4.78 is 0. The first kappa shape index (κ1) is 15.2. The van der Waals surface area contributed by atoms with Gasteiger partial charge in [-0.1, -0.05) is 39.0 Å². The van der Waals surface area contributed by atoms with Crippen LogP contribution in [0.25, 0.3) is 11.1 Å². The van der Waals surface area contributed by atoms with Crippen molar-refractivity contribution < 1.29 is 15.3 Å². The maximum Gasteiger partial charge on any atom is 0.201 e. The number of hydrogen-bond acceptors (Lipinski definition) is 3. The van der Waals surface area contributed by atoms with Crippen molar-refractivity contribution in [3.63, 3.8) is 0 Å². The summed E-state index contributed by atoms with van der Waals surface area (Å²) in [4.78, 5) is 0. The molecule has 0 heterocycles. The van der Waals surface area contributed by atoms with Gasteiger partial charge in [-0.05, 0) is 47.6 Å². The van der Waals surface area contributed by atoms with Gasteiger partial charge in [0.05, 0.1) is 0 Å². The fraction of sp³-hybridized carbons (Fsp3) is 0.333. The van der Waals surface area contributed by atoms with E-state index in [2.05, 4.69) is 19.9 Å². The van der Waals surface area contributed by atoms with E-state index in [1.807, 2.05) is 19.1 Å². The fourth-order valence-electron chi connectivity index (χ4n) is 2.81. The molecule has 0 amide bonds. The predicted octanol–water partition coefficient (Wildman–Crippen LogP) is 4.16. The van der Waals surface area contributed by atoms with Crippen LogP contribution in [0.15, 0.2) is 24.3 Å². The summed E-state index contributed by atoms with van der Waals surface area (Å²) in [5.74, 6) is -0.926. The van der Waals surface area contributed by atoms with Gasteiger partial charge in [0.25, 0.3) is 0 Å². The molecule has 2 aromatic rings. The smallest absolute Gasteiger partial charge is 0.201 e. The van der Waals surface area contributed by atoms with Gasteiger partial charge in [-0.25, -0.2) is 0 Å². The lowest BCUT2D eigenvalue weighted by Gasteiger charge is -2.16. The Hall–Kier alpha value is -2.16. The van der Waals surface area contributed by atoms with Crippen LogP contribution in [0.5, 0.6) is 17.2 Å². The van der Waals surface area contributed by atoms with Crippen LogP contribution in [0.4, 0.5) is 0 Å². The highest BCUT2D eigenvalue weighted by Crippen LogP contribution is 2.46. The van der Waals surface area contributed by atoms with E-state index < -0.39 is 5.75 Å². The van der Waals surface area contributed by atoms with Gasteiger partial charge in [0, 0.05) is 5.56 Å². The quantitative estimate of drug-likeness (QED) is 0.740. The summed E-state index contributed by atoms with van der Waals surface area (Å²) in [6.07, 6.45) is 2.35. The molecule has 0 saturated heterocycles. The molecule has 2 aromatic carbocycles. The van der Waals surface area contributed by atoms with Crippen molar-refractivity contribution in [3.05, 3.63) is 41.0 Å². The average molecular weight is 286 g/mol. The summed E-state index contributed by atoms with van der Waals surface area (Å²) in [5, 5.41) is 30.0. The highest BCUT2D eigenvalue weighted by molar-refractivity contribution is 5.79. The molecule has 0 unspecified atom stereocenters. The lowest BCUT2D eigenvalue weighted by atomic mass is 9.90. The second kappa shape index (κ2) is 6.08. The topological polar surface area (TPSA) is 60.7 Å². The van der Waals surface area contributed by atoms with Crippen molar-refractivity contribution in [1.82, 2.24) is 0 Å². The largest absolute Gasteiger partial charge is 0.504 e. The zero-order valence-corrected chi connectivity index (χ0v) is 12.8. The van der Waals surface area contributed by atoms with E-state index in [0.717, 1.165) is 18.4 Å². The Morgan fingerprint density at radius 1 is 0.714 bits per heavy atom. The lowest BCUT2D eigenvalue weighted by molar-refractivity contribution is 0.366. The van der Waals surface area contributed by atoms with Gasteiger partial charge in [-0.3, -0.25) is 0 Å². The van der Waals surface area contributed by atoms with Gasteiger partial charge in [0.1, 0.15) is 0 Å². The molecule has 3 N–H and O–H groups in total. The first-order valence-corrected chi connectivity index (χ1v) is 7.42. The van der Waals surface area contributed by atoms with Gasteiger partial charge in [-0.15, -0.1) is 0 Å². The van der Waals surface area contributed by atoms with Crippen LogP contribution in [0.1, 0.15) is 37.5 Å². The first-order valence-electron chi connectivity index (χ1n) is 7.42. The third kappa shape index (κ3) is 2.56. The number of aromatic hydroxyl groups is 3. The zero-order chi connectivity index (χ0) is 15.6. The van der Waals surface area contributed by atoms with E-state index >= 15 is 0 Å². The van der Waals surface area contributed by atoms with Crippen LogP contribution in [-0.4, -0.2) is 15.3 Å². The van der Waals surface area contributed by atoms with Crippen LogP contribution in [-0.2, 0) is 19.3 Å². The molecule has 2 rings (SSSR count). The molecule has 0 aliphatic heterocycles. The molecule has 0 saturated carbocycles. The number of aryl methyl sites for hydroxylation is 2. The Morgan fingerprint density at radius 2 is 1.38 bits per heavy atom. The second-order valence-electron chi connectivity index (χ2n) is 5.13. The van der Waals surface area contributed by atoms with Crippen LogP contribution < -0.4 is 0 Å². The van der Waals surface area contributed by atoms with E-state index in [0.29, 0.717) is 17.5 Å². The molecule has 3 nitrogen and oxygen atoms in total. The Bertz CT molecular complexity index is 660. The van der Waals surface area contributed by atoms with E-state index in [-0.39, 0.29) is 11.5 Å². The average Bonchev–Trinajstić information content (AvgIpc) is 2.52. The molecular formula is C18H22O3. The Labute approximate surface area is 125 Å². The standard InChI is InChI=1S/C18H22O3/c1-4-11-8-7-9-14(13(11)6-3)15-10-12(5-2)16(19)18(21)17(15)20/h7-10,19-21H,4-6H2,1-3H3. The van der Waals surface area contributed by atoms with Crippen molar-refractivity contribution in [1.29, 1.82) is 0 Å². The normalized spacial score (nSPS) is 10.8. The van der Waals surface area contributed by atoms with Crippen molar-refractivity contribution in [2.24, 2.45) is 0 Å². The number of phenols is 3. The predicted molar refractivity (Wildman–Crippen MR) is 85.0 cm³/mol. The SMILES string of the molecule is CCc1cc(-c2cccc(CC)c2CC)c(O)c(O)c1O. The summed E-state index contributed by atoms with van der Waals surface area (Å²) >= 11 is 0. The first-order chi connectivity index (χ1) is 10.0. The molecule has 0 fully saturated rings. The Kier molecular flexibility index (Phi) is 4.41. The van der Waals surface area contributed by atoms with Gasteiger partial charge in [0.2, 0.25) is 5.75 Å². The minimum absolute atomic E-state index is 0.233. The molecule has 3 heteroatoms. The molecular weight excluding hydrogens is 264 g/mol. The van der Waals surface area contributed by atoms with Gasteiger partial charge in [0.15, 0.2) is 11.5 Å². The maximum absolute atomic E-state index is 10.2. The molecule has 0 spiro atoms. The zero-order valence-electron chi connectivity index (χ0n) is 12.8. The van der Waals surface area contributed by atoms with E-state index in [1.165, 1.54) is 11.1 Å². The van der Waals surface area contributed by atoms with Crippen LogP contribution in [0.3, 0.4) is 0 Å². The molecule has 0 atom stereocenters. The second-order valence-corrected chi connectivity index (χ2v) is 5.13.